The number of methoxy groups -OCH3 is 1. The van der Waals surface area contributed by atoms with Crippen molar-refractivity contribution in [2.75, 3.05) is 13.7 Å². The summed E-state index contributed by atoms with van der Waals surface area (Å²) in [6, 6.07) is 5.69. The number of rotatable bonds is 6. The van der Waals surface area contributed by atoms with Crippen LogP contribution in [0.2, 0.25) is 5.02 Å². The molecule has 2 atom stereocenters. The lowest BCUT2D eigenvalue weighted by Gasteiger charge is -2.19. The summed E-state index contributed by atoms with van der Waals surface area (Å²) < 4.78 is 5.10. The van der Waals surface area contributed by atoms with Gasteiger partial charge < -0.3 is 15.2 Å². The van der Waals surface area contributed by atoms with Gasteiger partial charge in [0.15, 0.2) is 0 Å². The van der Waals surface area contributed by atoms with Crippen molar-refractivity contribution in [3.05, 3.63) is 28.8 Å². The Balaban J connectivity index is 1.82. The van der Waals surface area contributed by atoms with Crippen molar-refractivity contribution < 1.29 is 14.6 Å². The topological polar surface area (TPSA) is 58.6 Å². The smallest absolute Gasteiger partial charge is 0.220 e. The van der Waals surface area contributed by atoms with E-state index in [4.69, 9.17) is 16.3 Å². The molecule has 0 bridgehead atoms. The molecule has 21 heavy (non-hydrogen) atoms. The van der Waals surface area contributed by atoms with E-state index in [0.29, 0.717) is 23.6 Å². The third kappa shape index (κ3) is 4.35. The van der Waals surface area contributed by atoms with Gasteiger partial charge in [-0.15, -0.1) is 0 Å². The highest BCUT2D eigenvalue weighted by atomic mass is 35.5. The normalized spacial score (nSPS) is 21.3. The van der Waals surface area contributed by atoms with E-state index in [1.54, 1.807) is 7.11 Å². The van der Waals surface area contributed by atoms with Crippen LogP contribution in [-0.4, -0.2) is 30.8 Å². The minimum atomic E-state index is 0.0345. The second kappa shape index (κ2) is 7.66. The average Bonchev–Trinajstić information content (AvgIpc) is 2.92. The van der Waals surface area contributed by atoms with Gasteiger partial charge >= 0.3 is 0 Å². The van der Waals surface area contributed by atoms with E-state index >= 15 is 0 Å². The van der Waals surface area contributed by atoms with Crippen molar-refractivity contribution in [2.45, 2.75) is 38.1 Å². The van der Waals surface area contributed by atoms with Crippen LogP contribution in [0.25, 0.3) is 0 Å². The van der Waals surface area contributed by atoms with Crippen LogP contribution in [0.3, 0.4) is 0 Å². The monoisotopic (exact) mass is 311 g/mol. The number of nitrogens with one attached hydrogen (secondary N) is 1. The van der Waals surface area contributed by atoms with Gasteiger partial charge in [-0.25, -0.2) is 0 Å². The Labute approximate surface area is 130 Å². The largest absolute Gasteiger partial charge is 0.495 e. The number of aryl methyl sites for hydroxylation is 1. The lowest BCUT2D eigenvalue weighted by atomic mass is 10.0. The quantitative estimate of drug-likeness (QED) is 0.849. The molecular weight excluding hydrogens is 290 g/mol. The summed E-state index contributed by atoms with van der Waals surface area (Å²) in [5.74, 6) is 0.887. The summed E-state index contributed by atoms with van der Waals surface area (Å²) in [4.78, 5) is 12.0. The predicted molar refractivity (Wildman–Crippen MR) is 82.7 cm³/mol. The Bertz CT molecular complexity index is 492. The standard InChI is InChI=1S/C16H22ClNO3/c1-21-15-7-5-11(9-13(15)17)6-8-16(20)18-14-4-2-3-12(14)10-19/h5,7,9,12,14,19H,2-4,6,8,10H2,1H3,(H,18,20). The molecule has 2 rings (SSSR count). The second-order valence-corrected chi connectivity index (χ2v) is 5.92. The number of hydrogen-bond acceptors (Lipinski definition) is 3. The van der Waals surface area contributed by atoms with Gasteiger partial charge in [-0.05, 0) is 37.0 Å². The van der Waals surface area contributed by atoms with E-state index in [-0.39, 0.29) is 24.5 Å². The minimum Gasteiger partial charge on any atom is -0.495 e. The van der Waals surface area contributed by atoms with Crippen molar-refractivity contribution in [1.82, 2.24) is 5.32 Å². The summed E-state index contributed by atoms with van der Waals surface area (Å²) in [5.41, 5.74) is 1.01. The van der Waals surface area contributed by atoms with Crippen molar-refractivity contribution in [1.29, 1.82) is 0 Å². The molecule has 1 amide bonds. The van der Waals surface area contributed by atoms with Crippen LogP contribution < -0.4 is 10.1 Å². The molecule has 1 aromatic rings. The molecule has 116 valence electrons. The van der Waals surface area contributed by atoms with Gasteiger partial charge in [0, 0.05) is 25.0 Å². The summed E-state index contributed by atoms with van der Waals surface area (Å²) >= 11 is 6.07. The highest BCUT2D eigenvalue weighted by Crippen LogP contribution is 2.26. The van der Waals surface area contributed by atoms with Crippen molar-refractivity contribution in [3.8, 4) is 5.75 Å². The highest BCUT2D eigenvalue weighted by Gasteiger charge is 2.27. The first kappa shape index (κ1) is 16.1. The Morgan fingerprint density at radius 3 is 2.95 bits per heavy atom. The first-order chi connectivity index (χ1) is 10.1. The maximum atomic E-state index is 12.0. The fourth-order valence-electron chi connectivity index (χ4n) is 2.85. The molecule has 0 spiro atoms. The Morgan fingerprint density at radius 1 is 1.48 bits per heavy atom. The molecule has 1 aliphatic carbocycles. The molecule has 0 aromatic heterocycles. The predicted octanol–water partition coefficient (Wildman–Crippen LogP) is 2.56. The third-order valence-electron chi connectivity index (χ3n) is 4.10. The average molecular weight is 312 g/mol. The summed E-state index contributed by atoms with van der Waals surface area (Å²) in [6.07, 6.45) is 4.11. The molecule has 1 aliphatic rings. The van der Waals surface area contributed by atoms with E-state index in [9.17, 15) is 9.90 Å². The van der Waals surface area contributed by atoms with E-state index < -0.39 is 0 Å². The zero-order valence-corrected chi connectivity index (χ0v) is 13.0. The SMILES string of the molecule is COc1ccc(CCC(=O)NC2CCCC2CO)cc1Cl. The summed E-state index contributed by atoms with van der Waals surface area (Å²) in [5, 5.41) is 12.9. The van der Waals surface area contributed by atoms with Gasteiger partial charge in [-0.2, -0.15) is 0 Å². The molecule has 1 fully saturated rings. The van der Waals surface area contributed by atoms with Gasteiger partial charge in [0.25, 0.3) is 0 Å². The van der Waals surface area contributed by atoms with Crippen molar-refractivity contribution >= 4 is 17.5 Å². The molecule has 0 aliphatic heterocycles. The van der Waals surface area contributed by atoms with E-state index in [1.807, 2.05) is 18.2 Å². The molecule has 1 aromatic carbocycles. The van der Waals surface area contributed by atoms with Gasteiger partial charge in [0.2, 0.25) is 5.91 Å². The number of amides is 1. The van der Waals surface area contributed by atoms with Crippen molar-refractivity contribution in [3.63, 3.8) is 0 Å². The molecule has 2 unspecified atom stereocenters. The molecule has 4 nitrogen and oxygen atoms in total. The second-order valence-electron chi connectivity index (χ2n) is 5.52. The molecule has 1 saturated carbocycles. The van der Waals surface area contributed by atoms with Crippen LogP contribution in [0.1, 0.15) is 31.2 Å². The Hall–Kier alpha value is -1.26. The molecule has 2 N–H and O–H groups in total. The van der Waals surface area contributed by atoms with Crippen LogP contribution in [0.4, 0.5) is 0 Å². The maximum Gasteiger partial charge on any atom is 0.220 e. The molecule has 0 saturated heterocycles. The van der Waals surface area contributed by atoms with Gasteiger partial charge in [-0.1, -0.05) is 24.1 Å². The van der Waals surface area contributed by atoms with E-state index in [1.165, 1.54) is 0 Å². The molecular formula is C16H22ClNO3. The van der Waals surface area contributed by atoms with Crippen LogP contribution >= 0.6 is 11.6 Å². The number of hydrogen-bond donors (Lipinski definition) is 2. The van der Waals surface area contributed by atoms with E-state index in [2.05, 4.69) is 5.32 Å². The Kier molecular flexibility index (Phi) is 5.88. The number of aliphatic hydroxyl groups excluding tert-OH is 1. The van der Waals surface area contributed by atoms with Crippen LogP contribution in [0.15, 0.2) is 18.2 Å². The van der Waals surface area contributed by atoms with E-state index in [0.717, 1.165) is 24.8 Å². The fourth-order valence-corrected chi connectivity index (χ4v) is 3.13. The lowest BCUT2D eigenvalue weighted by molar-refractivity contribution is -0.122. The van der Waals surface area contributed by atoms with Crippen LogP contribution in [0.5, 0.6) is 5.75 Å². The molecule has 0 heterocycles. The summed E-state index contributed by atoms with van der Waals surface area (Å²) in [6.45, 7) is 0.152. The van der Waals surface area contributed by atoms with Gasteiger partial charge in [0.1, 0.15) is 5.75 Å². The number of carbonyl (C=O) groups is 1. The number of carbonyl (C=O) groups excluding carboxylic acids is 1. The molecule has 5 heteroatoms. The van der Waals surface area contributed by atoms with Crippen LogP contribution in [-0.2, 0) is 11.2 Å². The number of halogens is 1. The first-order valence-corrected chi connectivity index (χ1v) is 7.74. The summed E-state index contributed by atoms with van der Waals surface area (Å²) in [7, 11) is 1.58. The number of aliphatic hydroxyl groups is 1. The third-order valence-corrected chi connectivity index (χ3v) is 4.39. The highest BCUT2D eigenvalue weighted by molar-refractivity contribution is 6.32. The zero-order chi connectivity index (χ0) is 15.2. The lowest BCUT2D eigenvalue weighted by Crippen LogP contribution is -2.38. The maximum absolute atomic E-state index is 12.0. The van der Waals surface area contributed by atoms with Crippen LogP contribution in [0, 0.1) is 5.92 Å². The fraction of sp³-hybridized carbons (Fsp3) is 0.562. The van der Waals surface area contributed by atoms with Gasteiger partial charge in [-0.3, -0.25) is 4.79 Å². The molecule has 0 radical (unpaired) electrons. The van der Waals surface area contributed by atoms with Gasteiger partial charge in [0.05, 0.1) is 12.1 Å². The zero-order valence-electron chi connectivity index (χ0n) is 12.3. The van der Waals surface area contributed by atoms with Crippen molar-refractivity contribution in [2.24, 2.45) is 5.92 Å². The first-order valence-electron chi connectivity index (χ1n) is 7.36. The Morgan fingerprint density at radius 2 is 2.29 bits per heavy atom. The number of benzene rings is 1. The minimum absolute atomic E-state index is 0.0345. The number of ether oxygens (including phenoxy) is 1.